The second-order valence-electron chi connectivity index (χ2n) is 2.14. The number of aromatic nitrogens is 1. The first-order valence-corrected chi connectivity index (χ1v) is 4.13. The van der Waals surface area contributed by atoms with Crippen LogP contribution >= 0.6 is 11.5 Å². The Balaban J connectivity index is 2.38. The molecule has 1 rings (SSSR count). The molecule has 3 nitrogen and oxygen atoms in total. The molecule has 0 aromatic carbocycles. The van der Waals surface area contributed by atoms with Crippen molar-refractivity contribution in [3.8, 4) is 0 Å². The van der Waals surface area contributed by atoms with Crippen molar-refractivity contribution in [2.45, 2.75) is 13.3 Å². The fourth-order valence-corrected chi connectivity index (χ4v) is 1.51. The molecule has 0 bridgehead atoms. The summed E-state index contributed by atoms with van der Waals surface area (Å²) in [5.41, 5.74) is 2.20. The largest absolute Gasteiger partial charge is 0.468 e. The molecule has 11 heavy (non-hydrogen) atoms. The molecule has 0 unspecified atom stereocenters. The third-order valence-electron chi connectivity index (χ3n) is 1.41. The topological polar surface area (TPSA) is 39.2 Å². The first-order valence-electron chi connectivity index (χ1n) is 3.29. The number of carbonyl (C=O) groups excluding carboxylic acids is 1. The van der Waals surface area contributed by atoms with Gasteiger partial charge in [-0.15, -0.1) is 0 Å². The van der Waals surface area contributed by atoms with E-state index in [4.69, 9.17) is 0 Å². The predicted molar refractivity (Wildman–Crippen MR) is 42.6 cm³/mol. The van der Waals surface area contributed by atoms with E-state index in [2.05, 4.69) is 9.11 Å². The number of aryl methyl sites for hydroxylation is 1. The summed E-state index contributed by atoms with van der Waals surface area (Å²) in [4.78, 5) is 9.78. The minimum atomic E-state index is 0.447. The number of nitrogens with zero attached hydrogens (tertiary/aromatic N) is 1. The molecule has 1 heterocycles. The number of ether oxygens (including phenoxy) is 1. The van der Waals surface area contributed by atoms with Crippen molar-refractivity contribution in [2.75, 3.05) is 6.61 Å². The van der Waals surface area contributed by atoms with Gasteiger partial charge in [-0.2, -0.15) is 4.37 Å². The van der Waals surface area contributed by atoms with Crippen molar-refractivity contribution in [2.24, 2.45) is 0 Å². The van der Waals surface area contributed by atoms with Crippen LogP contribution in [0.25, 0.3) is 0 Å². The summed E-state index contributed by atoms with van der Waals surface area (Å²) in [6.07, 6.45) is 0.765. The zero-order valence-electron chi connectivity index (χ0n) is 6.24. The normalized spacial score (nSPS) is 9.55. The highest BCUT2D eigenvalue weighted by Crippen LogP contribution is 2.09. The second kappa shape index (κ2) is 4.08. The third-order valence-corrected chi connectivity index (χ3v) is 2.18. The fraction of sp³-hybridized carbons (Fsp3) is 0.429. The molecule has 0 fully saturated rings. The second-order valence-corrected chi connectivity index (χ2v) is 2.77. The Labute approximate surface area is 69.2 Å². The first-order chi connectivity index (χ1) is 5.34. The van der Waals surface area contributed by atoms with Gasteiger partial charge in [-0.1, -0.05) is 0 Å². The van der Waals surface area contributed by atoms with Gasteiger partial charge in [-0.05, 0) is 24.0 Å². The highest BCUT2D eigenvalue weighted by Gasteiger charge is 1.99. The standard InChI is InChI=1S/C7H9NO2S/c1-6-7(4-11-8-6)2-3-10-5-9/h4-5H,2-3H2,1H3. The van der Waals surface area contributed by atoms with Crippen LogP contribution in [0.3, 0.4) is 0 Å². The smallest absolute Gasteiger partial charge is 0.293 e. The Morgan fingerprint density at radius 1 is 1.82 bits per heavy atom. The van der Waals surface area contributed by atoms with E-state index in [0.717, 1.165) is 17.7 Å². The van der Waals surface area contributed by atoms with Crippen molar-refractivity contribution < 1.29 is 9.53 Å². The van der Waals surface area contributed by atoms with Crippen molar-refractivity contribution in [3.63, 3.8) is 0 Å². The Kier molecular flexibility index (Phi) is 3.04. The van der Waals surface area contributed by atoms with Crippen LogP contribution in [-0.2, 0) is 16.0 Å². The molecule has 0 saturated heterocycles. The van der Waals surface area contributed by atoms with Gasteiger partial charge in [0.2, 0.25) is 0 Å². The molecule has 0 radical (unpaired) electrons. The van der Waals surface area contributed by atoms with Crippen molar-refractivity contribution in [1.82, 2.24) is 4.37 Å². The monoisotopic (exact) mass is 171 g/mol. The van der Waals surface area contributed by atoms with Gasteiger partial charge in [0.15, 0.2) is 0 Å². The van der Waals surface area contributed by atoms with E-state index in [9.17, 15) is 4.79 Å². The molecule has 0 aliphatic rings. The highest BCUT2D eigenvalue weighted by molar-refractivity contribution is 7.03. The van der Waals surface area contributed by atoms with Gasteiger partial charge < -0.3 is 4.74 Å². The molecule has 0 aliphatic heterocycles. The lowest BCUT2D eigenvalue weighted by molar-refractivity contribution is -0.128. The van der Waals surface area contributed by atoms with E-state index in [1.807, 2.05) is 12.3 Å². The van der Waals surface area contributed by atoms with Crippen LogP contribution in [0.4, 0.5) is 0 Å². The van der Waals surface area contributed by atoms with Gasteiger partial charge in [-0.25, -0.2) is 0 Å². The summed E-state index contributed by atoms with van der Waals surface area (Å²) in [6, 6.07) is 0. The lowest BCUT2D eigenvalue weighted by Crippen LogP contribution is -1.96. The Morgan fingerprint density at radius 2 is 2.64 bits per heavy atom. The molecule has 0 aliphatic carbocycles. The van der Waals surface area contributed by atoms with Crippen LogP contribution in [0.1, 0.15) is 11.3 Å². The molecular weight excluding hydrogens is 162 g/mol. The summed E-state index contributed by atoms with van der Waals surface area (Å²) in [6.45, 7) is 2.87. The molecule has 4 heteroatoms. The molecule has 0 spiro atoms. The zero-order chi connectivity index (χ0) is 8.10. The molecule has 0 saturated carbocycles. The zero-order valence-corrected chi connectivity index (χ0v) is 7.06. The van der Waals surface area contributed by atoms with E-state index in [1.165, 1.54) is 11.5 Å². The molecule has 0 N–H and O–H groups in total. The summed E-state index contributed by atoms with van der Waals surface area (Å²) in [5.74, 6) is 0. The van der Waals surface area contributed by atoms with Gasteiger partial charge in [0.1, 0.15) is 0 Å². The summed E-state index contributed by atoms with van der Waals surface area (Å²) < 4.78 is 8.65. The molecule has 0 atom stereocenters. The molecule has 60 valence electrons. The molecule has 1 aromatic heterocycles. The number of carbonyl (C=O) groups is 1. The van der Waals surface area contributed by atoms with Crippen LogP contribution in [0.2, 0.25) is 0 Å². The summed E-state index contributed by atoms with van der Waals surface area (Å²) in [7, 11) is 0. The van der Waals surface area contributed by atoms with Crippen LogP contribution in [-0.4, -0.2) is 17.5 Å². The lowest BCUT2D eigenvalue weighted by Gasteiger charge is -1.96. The van der Waals surface area contributed by atoms with Crippen LogP contribution in [0.15, 0.2) is 5.38 Å². The molecule has 1 aromatic rings. The van der Waals surface area contributed by atoms with Crippen LogP contribution in [0, 0.1) is 6.92 Å². The number of rotatable bonds is 4. The fourth-order valence-electron chi connectivity index (χ4n) is 0.770. The van der Waals surface area contributed by atoms with E-state index in [1.54, 1.807) is 0 Å². The first kappa shape index (κ1) is 8.20. The van der Waals surface area contributed by atoms with Gasteiger partial charge in [0.05, 0.1) is 12.3 Å². The van der Waals surface area contributed by atoms with Gasteiger partial charge in [-0.3, -0.25) is 4.79 Å². The third kappa shape index (κ3) is 2.31. The van der Waals surface area contributed by atoms with Crippen LogP contribution in [0.5, 0.6) is 0 Å². The average molecular weight is 171 g/mol. The van der Waals surface area contributed by atoms with Crippen molar-refractivity contribution in [3.05, 3.63) is 16.6 Å². The summed E-state index contributed by atoms with van der Waals surface area (Å²) >= 11 is 1.43. The average Bonchev–Trinajstić information content (AvgIpc) is 2.37. The maximum atomic E-state index is 9.78. The van der Waals surface area contributed by atoms with Gasteiger partial charge in [0.25, 0.3) is 6.47 Å². The maximum absolute atomic E-state index is 9.78. The molecule has 0 amide bonds. The highest BCUT2D eigenvalue weighted by atomic mass is 32.1. The van der Waals surface area contributed by atoms with Crippen molar-refractivity contribution >= 4 is 18.0 Å². The van der Waals surface area contributed by atoms with E-state index in [0.29, 0.717) is 13.1 Å². The molecular formula is C7H9NO2S. The van der Waals surface area contributed by atoms with E-state index >= 15 is 0 Å². The summed E-state index contributed by atoms with van der Waals surface area (Å²) in [5, 5.41) is 1.98. The van der Waals surface area contributed by atoms with Gasteiger partial charge in [0, 0.05) is 11.8 Å². The van der Waals surface area contributed by atoms with E-state index in [-0.39, 0.29) is 0 Å². The Hall–Kier alpha value is -0.900. The SMILES string of the molecule is Cc1nscc1CCOC=O. The Bertz CT molecular complexity index is 234. The maximum Gasteiger partial charge on any atom is 0.293 e. The van der Waals surface area contributed by atoms with E-state index < -0.39 is 0 Å². The van der Waals surface area contributed by atoms with Crippen molar-refractivity contribution in [1.29, 1.82) is 0 Å². The van der Waals surface area contributed by atoms with Crippen LogP contribution < -0.4 is 0 Å². The van der Waals surface area contributed by atoms with Gasteiger partial charge >= 0.3 is 0 Å². The predicted octanol–water partition coefficient (Wildman–Crippen LogP) is 1.17. The quantitative estimate of drug-likeness (QED) is 0.504. The number of hydrogen-bond acceptors (Lipinski definition) is 4. The minimum absolute atomic E-state index is 0.447. The number of hydrogen-bond donors (Lipinski definition) is 0. The Morgan fingerprint density at radius 3 is 3.18 bits per heavy atom. The minimum Gasteiger partial charge on any atom is -0.468 e. The lowest BCUT2D eigenvalue weighted by atomic mass is 10.2.